The summed E-state index contributed by atoms with van der Waals surface area (Å²) >= 11 is 0. The van der Waals surface area contributed by atoms with E-state index >= 15 is 0 Å². The molecule has 0 radical (unpaired) electrons. The van der Waals surface area contributed by atoms with E-state index in [1.807, 2.05) is 13.0 Å². The third-order valence-corrected chi connectivity index (χ3v) is 6.26. The van der Waals surface area contributed by atoms with Crippen LogP contribution in [0.15, 0.2) is 58.0 Å². The Balaban J connectivity index is 2.24. The lowest BCUT2D eigenvalue weighted by Crippen LogP contribution is -2.16. The standard InChI is InChI=1S/C21H16N2O4S/c1-3-4-11-27-21(24)14-9-10-16-19(12-14)28(25,26)18-8-6-5-7-15(18)20(16)17(13-22)23-2/h5-10,12H,3-4,11H2,1H3. The maximum absolute atomic E-state index is 13.1. The van der Waals surface area contributed by atoms with Gasteiger partial charge in [0.15, 0.2) is 0 Å². The van der Waals surface area contributed by atoms with Crippen molar-refractivity contribution in [1.82, 2.24) is 0 Å². The van der Waals surface area contributed by atoms with Gasteiger partial charge in [-0.2, -0.15) is 0 Å². The smallest absolute Gasteiger partial charge is 0.338 e. The number of fused-ring (bicyclic) bond motifs is 2. The lowest BCUT2D eigenvalue weighted by Gasteiger charge is -2.23. The van der Waals surface area contributed by atoms with Crippen LogP contribution < -0.4 is 0 Å². The number of ether oxygens (including phenoxy) is 1. The quantitative estimate of drug-likeness (QED) is 0.290. The summed E-state index contributed by atoms with van der Waals surface area (Å²) in [7, 11) is -3.92. The van der Waals surface area contributed by atoms with Crippen molar-refractivity contribution in [3.05, 3.63) is 76.3 Å². The molecule has 6 nitrogen and oxygen atoms in total. The molecule has 0 spiro atoms. The second kappa shape index (κ2) is 7.67. The number of unbranched alkanes of at least 4 members (excludes halogenated alkanes) is 1. The summed E-state index contributed by atoms with van der Waals surface area (Å²) in [6.45, 7) is 9.52. The number of esters is 1. The monoisotopic (exact) mass is 392 g/mol. The Hall–Kier alpha value is -3.42. The molecule has 0 fully saturated rings. The first-order chi connectivity index (χ1) is 13.5. The van der Waals surface area contributed by atoms with Crippen molar-refractivity contribution >= 4 is 21.4 Å². The van der Waals surface area contributed by atoms with Gasteiger partial charge in [-0.3, -0.25) is 0 Å². The van der Waals surface area contributed by atoms with Gasteiger partial charge in [0, 0.05) is 5.57 Å². The van der Waals surface area contributed by atoms with E-state index in [0.29, 0.717) is 12.0 Å². The summed E-state index contributed by atoms with van der Waals surface area (Å²) < 4.78 is 31.4. The predicted octanol–water partition coefficient (Wildman–Crippen LogP) is 3.99. The molecule has 1 aliphatic rings. The zero-order valence-corrected chi connectivity index (χ0v) is 15.9. The van der Waals surface area contributed by atoms with E-state index < -0.39 is 15.8 Å². The molecule has 0 saturated heterocycles. The summed E-state index contributed by atoms with van der Waals surface area (Å²) in [5.74, 6) is -0.610. The fourth-order valence-corrected chi connectivity index (χ4v) is 4.73. The van der Waals surface area contributed by atoms with E-state index in [1.54, 1.807) is 18.2 Å². The summed E-state index contributed by atoms with van der Waals surface area (Å²) in [6, 6.07) is 12.2. The molecule has 2 aromatic carbocycles. The van der Waals surface area contributed by atoms with Crippen molar-refractivity contribution in [1.29, 1.82) is 5.26 Å². The topological polar surface area (TPSA) is 88.6 Å². The van der Waals surface area contributed by atoms with Crippen LogP contribution in [0.3, 0.4) is 0 Å². The van der Waals surface area contributed by atoms with Gasteiger partial charge in [0.05, 0.1) is 34.6 Å². The van der Waals surface area contributed by atoms with Crippen molar-refractivity contribution in [2.45, 2.75) is 29.6 Å². The number of sulfone groups is 1. The van der Waals surface area contributed by atoms with Crippen LogP contribution in [0.5, 0.6) is 0 Å². The van der Waals surface area contributed by atoms with Gasteiger partial charge < -0.3 is 4.74 Å². The van der Waals surface area contributed by atoms with Gasteiger partial charge in [0.25, 0.3) is 5.70 Å². The summed E-state index contributed by atoms with van der Waals surface area (Å²) in [4.78, 5) is 15.4. The van der Waals surface area contributed by atoms with Crippen LogP contribution in [-0.4, -0.2) is 21.0 Å². The Kier molecular flexibility index (Phi) is 5.30. The van der Waals surface area contributed by atoms with Gasteiger partial charge in [0.2, 0.25) is 9.84 Å². The minimum atomic E-state index is -3.92. The number of carbonyl (C=O) groups excluding carboxylic acids is 1. The van der Waals surface area contributed by atoms with Gasteiger partial charge >= 0.3 is 5.97 Å². The first-order valence-corrected chi connectivity index (χ1v) is 10.1. The fourth-order valence-electron chi connectivity index (χ4n) is 3.03. The maximum atomic E-state index is 13.1. The van der Waals surface area contributed by atoms with Gasteiger partial charge in [-0.25, -0.2) is 23.3 Å². The Morgan fingerprint density at radius 1 is 1.18 bits per heavy atom. The third kappa shape index (κ3) is 3.17. The highest BCUT2D eigenvalue weighted by molar-refractivity contribution is 7.91. The maximum Gasteiger partial charge on any atom is 0.338 e. The first kappa shape index (κ1) is 19.3. The summed E-state index contributed by atoms with van der Waals surface area (Å²) in [5, 5.41) is 9.38. The Morgan fingerprint density at radius 2 is 1.89 bits per heavy atom. The van der Waals surface area contributed by atoms with Crippen molar-refractivity contribution in [3.8, 4) is 6.07 Å². The van der Waals surface area contributed by atoms with Crippen molar-refractivity contribution in [2.75, 3.05) is 6.61 Å². The molecule has 2 aromatic rings. The molecule has 1 aliphatic heterocycles. The average molecular weight is 392 g/mol. The Morgan fingerprint density at radius 3 is 2.57 bits per heavy atom. The second-order valence-corrected chi connectivity index (χ2v) is 8.03. The van der Waals surface area contributed by atoms with E-state index in [0.717, 1.165) is 6.42 Å². The zero-order chi connectivity index (χ0) is 20.3. The molecule has 140 valence electrons. The van der Waals surface area contributed by atoms with E-state index in [4.69, 9.17) is 11.3 Å². The number of rotatable bonds is 4. The van der Waals surface area contributed by atoms with Crippen molar-refractivity contribution in [3.63, 3.8) is 0 Å². The molecule has 3 rings (SSSR count). The molecule has 0 N–H and O–H groups in total. The largest absolute Gasteiger partial charge is 0.462 e. The SMILES string of the molecule is [C-]#[N+]C(C#N)=C1c2ccccc2S(=O)(=O)c2cc(C(=O)OCCCC)ccc21. The van der Waals surface area contributed by atoms with Crippen LogP contribution >= 0.6 is 0 Å². The number of hydrogen-bond donors (Lipinski definition) is 0. The van der Waals surface area contributed by atoms with Crippen molar-refractivity contribution < 1.29 is 17.9 Å². The molecule has 0 aliphatic carbocycles. The zero-order valence-electron chi connectivity index (χ0n) is 15.1. The molecular formula is C21H16N2O4S. The summed E-state index contributed by atoms with van der Waals surface area (Å²) in [6.07, 6.45) is 1.58. The van der Waals surface area contributed by atoms with Gasteiger partial charge in [-0.15, -0.1) is 0 Å². The lowest BCUT2D eigenvalue weighted by molar-refractivity contribution is 0.0499. The molecule has 0 bridgehead atoms. The Labute approximate surface area is 163 Å². The average Bonchev–Trinajstić information content (AvgIpc) is 2.71. The van der Waals surface area contributed by atoms with E-state index in [2.05, 4.69) is 4.85 Å². The lowest BCUT2D eigenvalue weighted by atomic mass is 9.94. The number of carbonyl (C=O) groups is 1. The van der Waals surface area contributed by atoms with Crippen LogP contribution in [0, 0.1) is 17.9 Å². The first-order valence-electron chi connectivity index (χ1n) is 8.63. The molecule has 0 atom stereocenters. The van der Waals surface area contributed by atoms with Crippen LogP contribution in [0.1, 0.15) is 41.3 Å². The predicted molar refractivity (Wildman–Crippen MR) is 102 cm³/mol. The number of hydrogen-bond acceptors (Lipinski definition) is 5. The van der Waals surface area contributed by atoms with Crippen LogP contribution in [0.25, 0.3) is 10.4 Å². The number of allylic oxidation sites excluding steroid dienone is 1. The fraction of sp³-hybridized carbons (Fsp3) is 0.190. The molecule has 0 amide bonds. The second-order valence-electron chi connectivity index (χ2n) is 6.15. The number of benzene rings is 2. The van der Waals surface area contributed by atoms with Crippen LogP contribution in [0.4, 0.5) is 0 Å². The number of nitriles is 1. The molecule has 0 unspecified atom stereocenters. The highest BCUT2D eigenvalue weighted by Gasteiger charge is 2.34. The Bertz CT molecular complexity index is 1170. The normalized spacial score (nSPS) is 15.4. The van der Waals surface area contributed by atoms with E-state index in [1.165, 1.54) is 24.3 Å². The molecule has 0 saturated carbocycles. The highest BCUT2D eigenvalue weighted by atomic mass is 32.2. The molecule has 1 heterocycles. The minimum Gasteiger partial charge on any atom is -0.462 e. The van der Waals surface area contributed by atoms with E-state index in [9.17, 15) is 18.5 Å². The third-order valence-electron chi connectivity index (χ3n) is 4.41. The molecule has 0 aromatic heterocycles. The number of nitrogens with zero attached hydrogens (tertiary/aromatic N) is 2. The van der Waals surface area contributed by atoms with Crippen molar-refractivity contribution in [2.24, 2.45) is 0 Å². The summed E-state index contributed by atoms with van der Waals surface area (Å²) in [5.41, 5.74) is 0.696. The minimum absolute atomic E-state index is 0.00500. The van der Waals surface area contributed by atoms with Gasteiger partial charge in [-0.1, -0.05) is 37.6 Å². The molecule has 28 heavy (non-hydrogen) atoms. The molecular weight excluding hydrogens is 376 g/mol. The molecule has 7 heteroatoms. The van der Waals surface area contributed by atoms with Gasteiger partial charge in [-0.05, 0) is 35.7 Å². The van der Waals surface area contributed by atoms with Gasteiger partial charge in [0.1, 0.15) is 0 Å². The highest BCUT2D eigenvalue weighted by Crippen LogP contribution is 2.43. The van der Waals surface area contributed by atoms with Crippen LogP contribution in [-0.2, 0) is 14.6 Å². The van der Waals surface area contributed by atoms with Crippen LogP contribution in [0.2, 0.25) is 0 Å². The van der Waals surface area contributed by atoms with E-state index in [-0.39, 0.29) is 38.8 Å².